The smallest absolute Gasteiger partial charge is 0.184 e. The minimum absolute atomic E-state index is 0.371. The molecule has 8 nitrogen and oxygen atoms in total. The fraction of sp³-hybridized carbons (Fsp3) is 1.00. The molecule has 1 rings (SSSR count). The van der Waals surface area contributed by atoms with Gasteiger partial charge in [-0.15, -0.1) is 0 Å². The third-order valence-electron chi connectivity index (χ3n) is 1.70. The van der Waals surface area contributed by atoms with Gasteiger partial charge in [0.25, 0.3) is 0 Å². The Hall–Kier alpha value is -0.0500. The lowest BCUT2D eigenvalue weighted by atomic mass is 10.1. The summed E-state index contributed by atoms with van der Waals surface area (Å²) in [6.45, 7) is -0.371. The first kappa shape index (κ1) is 12.0. The maximum Gasteiger partial charge on any atom is 0.184 e. The van der Waals surface area contributed by atoms with Crippen molar-refractivity contribution in [3.8, 4) is 0 Å². The van der Waals surface area contributed by atoms with E-state index in [0.717, 1.165) is 0 Å². The summed E-state index contributed by atoms with van der Waals surface area (Å²) in [6.07, 6.45) is -6.64. The monoisotopic (exact) mass is 228 g/mol. The molecular weight excluding hydrogens is 219 g/mol. The van der Waals surface area contributed by atoms with E-state index in [2.05, 4.69) is 9.26 Å². The van der Waals surface area contributed by atoms with Gasteiger partial charge in [-0.2, -0.15) is 0 Å². The number of aliphatic hydroxyl groups is 3. The third kappa shape index (κ3) is 2.97. The minimum atomic E-state index is -5.35. The Morgan fingerprint density at radius 3 is 2.43 bits per heavy atom. The normalized spacial score (nSPS) is 39.8. The SMILES string of the molecule is O=P([O-])([O-])O[C@@H]1C(O)OC[C@@H](O)[C@H]1O. The first-order valence-corrected chi connectivity index (χ1v) is 5.13. The zero-order valence-electron chi connectivity index (χ0n) is 6.85. The van der Waals surface area contributed by atoms with Gasteiger partial charge in [0.1, 0.15) is 18.3 Å². The Balaban J connectivity index is 2.68. The number of ether oxygens (including phenoxy) is 1. The molecule has 14 heavy (non-hydrogen) atoms. The van der Waals surface area contributed by atoms with Crippen molar-refractivity contribution in [2.75, 3.05) is 6.61 Å². The van der Waals surface area contributed by atoms with Gasteiger partial charge < -0.3 is 38.9 Å². The van der Waals surface area contributed by atoms with Crippen LogP contribution in [0.4, 0.5) is 0 Å². The summed E-state index contributed by atoms with van der Waals surface area (Å²) < 4.78 is 18.5. The highest BCUT2D eigenvalue weighted by atomic mass is 31.2. The molecule has 0 aromatic heterocycles. The third-order valence-corrected chi connectivity index (χ3v) is 2.20. The average Bonchev–Trinajstić information content (AvgIpc) is 2.04. The van der Waals surface area contributed by atoms with Crippen LogP contribution in [-0.4, -0.2) is 46.5 Å². The average molecular weight is 228 g/mol. The Morgan fingerprint density at radius 1 is 1.36 bits per heavy atom. The Bertz CT molecular complexity index is 238. The van der Waals surface area contributed by atoms with Crippen LogP contribution < -0.4 is 9.79 Å². The summed E-state index contributed by atoms with van der Waals surface area (Å²) in [5, 5.41) is 27.2. The van der Waals surface area contributed by atoms with Crippen LogP contribution in [-0.2, 0) is 13.8 Å². The van der Waals surface area contributed by atoms with Crippen molar-refractivity contribution in [1.29, 1.82) is 0 Å². The molecule has 1 saturated heterocycles. The van der Waals surface area contributed by atoms with Crippen molar-refractivity contribution in [3.63, 3.8) is 0 Å². The van der Waals surface area contributed by atoms with E-state index in [1.54, 1.807) is 0 Å². The summed E-state index contributed by atoms with van der Waals surface area (Å²) in [7, 11) is -5.35. The van der Waals surface area contributed by atoms with Crippen LogP contribution >= 0.6 is 7.82 Å². The van der Waals surface area contributed by atoms with E-state index < -0.39 is 32.4 Å². The zero-order chi connectivity index (χ0) is 10.9. The molecule has 3 N–H and O–H groups in total. The Kier molecular flexibility index (Phi) is 3.62. The van der Waals surface area contributed by atoms with E-state index in [9.17, 15) is 14.4 Å². The van der Waals surface area contributed by atoms with Gasteiger partial charge in [-0.05, 0) is 0 Å². The second-order valence-electron chi connectivity index (χ2n) is 2.80. The predicted molar refractivity (Wildman–Crippen MR) is 36.5 cm³/mol. The van der Waals surface area contributed by atoms with Crippen molar-refractivity contribution in [2.24, 2.45) is 0 Å². The Labute approximate surface area is 78.9 Å². The highest BCUT2D eigenvalue weighted by Gasteiger charge is 2.39. The second-order valence-corrected chi connectivity index (χ2v) is 3.90. The molecule has 0 bridgehead atoms. The van der Waals surface area contributed by atoms with Gasteiger partial charge >= 0.3 is 0 Å². The molecule has 1 unspecified atom stereocenters. The molecule has 0 aliphatic carbocycles. The summed E-state index contributed by atoms with van der Waals surface area (Å²) in [4.78, 5) is 20.4. The lowest BCUT2D eigenvalue weighted by Crippen LogP contribution is -2.54. The van der Waals surface area contributed by atoms with Crippen molar-refractivity contribution in [3.05, 3.63) is 0 Å². The van der Waals surface area contributed by atoms with E-state index >= 15 is 0 Å². The van der Waals surface area contributed by atoms with Crippen LogP contribution in [0.25, 0.3) is 0 Å². The first-order valence-electron chi connectivity index (χ1n) is 3.67. The van der Waals surface area contributed by atoms with Gasteiger partial charge in [0.05, 0.1) is 14.4 Å². The van der Waals surface area contributed by atoms with E-state index in [1.165, 1.54) is 0 Å². The van der Waals surface area contributed by atoms with Gasteiger partial charge in [0, 0.05) is 0 Å². The van der Waals surface area contributed by atoms with Crippen molar-refractivity contribution >= 4 is 7.82 Å². The Morgan fingerprint density at radius 2 is 1.93 bits per heavy atom. The highest BCUT2D eigenvalue weighted by molar-refractivity contribution is 7.43. The van der Waals surface area contributed by atoms with Crippen LogP contribution in [0.3, 0.4) is 0 Å². The van der Waals surface area contributed by atoms with Gasteiger partial charge in [-0.3, -0.25) is 0 Å². The fourth-order valence-electron chi connectivity index (χ4n) is 1.04. The molecule has 0 amide bonds. The number of hydrogen-bond acceptors (Lipinski definition) is 8. The zero-order valence-corrected chi connectivity index (χ0v) is 7.74. The van der Waals surface area contributed by atoms with Crippen LogP contribution in [0, 0.1) is 0 Å². The highest BCUT2D eigenvalue weighted by Crippen LogP contribution is 2.32. The molecule has 1 aliphatic heterocycles. The van der Waals surface area contributed by atoms with Crippen molar-refractivity contribution in [2.45, 2.75) is 24.6 Å². The first-order chi connectivity index (χ1) is 6.31. The maximum atomic E-state index is 10.2. The molecule has 1 fully saturated rings. The van der Waals surface area contributed by atoms with E-state index in [-0.39, 0.29) is 6.61 Å². The molecule has 4 atom stereocenters. The van der Waals surface area contributed by atoms with Gasteiger partial charge in [-0.25, -0.2) is 0 Å². The number of hydrogen-bond donors (Lipinski definition) is 3. The van der Waals surface area contributed by atoms with Crippen LogP contribution in [0.2, 0.25) is 0 Å². The van der Waals surface area contributed by atoms with Crippen molar-refractivity contribution in [1.82, 2.24) is 0 Å². The van der Waals surface area contributed by atoms with Crippen LogP contribution in [0.5, 0.6) is 0 Å². The lowest BCUT2D eigenvalue weighted by Gasteiger charge is -2.40. The summed E-state index contributed by atoms with van der Waals surface area (Å²) in [5.74, 6) is 0. The van der Waals surface area contributed by atoms with E-state index in [1.807, 2.05) is 0 Å². The maximum absolute atomic E-state index is 10.2. The number of phosphoric ester groups is 1. The minimum Gasteiger partial charge on any atom is -0.790 e. The molecular formula is C5H9O8P-2. The van der Waals surface area contributed by atoms with Crippen molar-refractivity contribution < 1.29 is 38.9 Å². The molecule has 1 aliphatic rings. The molecule has 84 valence electrons. The second kappa shape index (κ2) is 4.21. The van der Waals surface area contributed by atoms with E-state index in [0.29, 0.717) is 0 Å². The van der Waals surface area contributed by atoms with Crippen LogP contribution in [0.15, 0.2) is 0 Å². The standard InChI is InChI=1S/C5H11O8P/c6-2-1-12-5(8)4(3(2)7)13-14(9,10)11/h2-8H,1H2,(H2,9,10,11)/p-2/t2-,3-,4+,5?/m1/s1. The van der Waals surface area contributed by atoms with Gasteiger partial charge in [-0.1, -0.05) is 0 Å². The molecule has 0 aromatic rings. The topological polar surface area (TPSA) is 142 Å². The van der Waals surface area contributed by atoms with Crippen LogP contribution in [0.1, 0.15) is 0 Å². The lowest BCUT2D eigenvalue weighted by molar-refractivity contribution is -0.358. The molecule has 0 saturated carbocycles. The molecule has 0 radical (unpaired) electrons. The molecule has 0 spiro atoms. The number of phosphoric acid groups is 1. The van der Waals surface area contributed by atoms with E-state index in [4.69, 9.17) is 15.3 Å². The number of rotatable bonds is 2. The largest absolute Gasteiger partial charge is 0.790 e. The number of aliphatic hydroxyl groups excluding tert-OH is 3. The molecule has 0 aromatic carbocycles. The molecule has 1 heterocycles. The fourth-order valence-corrected chi connectivity index (χ4v) is 1.57. The predicted octanol–water partition coefficient (Wildman–Crippen LogP) is -3.73. The van der Waals surface area contributed by atoms with Gasteiger partial charge in [0.2, 0.25) is 0 Å². The van der Waals surface area contributed by atoms with Gasteiger partial charge in [0.15, 0.2) is 6.29 Å². The summed E-state index contributed by atoms with van der Waals surface area (Å²) in [5.41, 5.74) is 0. The summed E-state index contributed by atoms with van der Waals surface area (Å²) in [6, 6.07) is 0. The summed E-state index contributed by atoms with van der Waals surface area (Å²) >= 11 is 0. The quantitative estimate of drug-likeness (QED) is 0.409. The molecule has 9 heteroatoms.